The van der Waals surface area contributed by atoms with Gasteiger partial charge in [0.05, 0.1) is 12.6 Å². The lowest BCUT2D eigenvalue weighted by atomic mass is 10.0. The van der Waals surface area contributed by atoms with E-state index < -0.39 is 18.1 Å². The van der Waals surface area contributed by atoms with E-state index in [0.717, 1.165) is 56.9 Å². The fourth-order valence-corrected chi connectivity index (χ4v) is 3.85. The average Bonchev–Trinajstić information content (AvgIpc) is 2.86. The molecule has 0 aromatic heterocycles. The highest BCUT2D eigenvalue weighted by Crippen LogP contribution is 2.14. The van der Waals surface area contributed by atoms with Gasteiger partial charge >= 0.3 is 5.97 Å². The summed E-state index contributed by atoms with van der Waals surface area (Å²) in [5.41, 5.74) is 7.18. The molecule has 8 heteroatoms. The van der Waals surface area contributed by atoms with Gasteiger partial charge in [-0.15, -0.1) is 0 Å². The van der Waals surface area contributed by atoms with Gasteiger partial charge in [-0.05, 0) is 44.3 Å². The number of aliphatic hydroxyl groups is 1. The molecule has 6 N–H and O–H groups in total. The molecule has 0 radical (unpaired) electrons. The van der Waals surface area contributed by atoms with Crippen LogP contribution in [0.15, 0.2) is 40.4 Å². The molecule has 0 aliphatic carbocycles. The summed E-state index contributed by atoms with van der Waals surface area (Å²) in [6.07, 6.45) is 18.0. The number of amides is 1. The third-order valence-electron chi connectivity index (χ3n) is 5.96. The van der Waals surface area contributed by atoms with Crippen LogP contribution in [-0.2, 0) is 9.59 Å². The molecule has 0 heterocycles. The van der Waals surface area contributed by atoms with E-state index in [2.05, 4.69) is 29.5 Å². The number of allylic oxidation sites excluding steroid dienone is 3. The van der Waals surface area contributed by atoms with Gasteiger partial charge in [-0.2, -0.15) is 0 Å². The molecule has 0 rings (SSSR count). The van der Waals surface area contributed by atoms with Crippen molar-refractivity contribution in [2.45, 2.75) is 117 Å². The Kier molecular flexibility index (Phi) is 21.0. The van der Waals surface area contributed by atoms with Gasteiger partial charge in [-0.3, -0.25) is 4.79 Å². The zero-order valence-corrected chi connectivity index (χ0v) is 23.6. The van der Waals surface area contributed by atoms with Gasteiger partial charge in [0.15, 0.2) is 5.96 Å². The van der Waals surface area contributed by atoms with Crippen molar-refractivity contribution in [1.82, 2.24) is 10.6 Å². The van der Waals surface area contributed by atoms with Crippen molar-refractivity contribution in [1.29, 1.82) is 0 Å². The molecular weight excluding hydrogens is 468 g/mol. The molecule has 0 saturated heterocycles. The Hall–Kier alpha value is -2.61. The SMILES string of the molecule is CC=CC(=CC(NC(N)=NCC=C(C(=O)NCCC)C(O)CCCCCCCC)C(=O)O)CCCCC. The Labute approximate surface area is 224 Å². The molecule has 0 fully saturated rings. The van der Waals surface area contributed by atoms with E-state index in [1.54, 1.807) is 12.2 Å². The molecule has 8 nitrogen and oxygen atoms in total. The molecular formula is C29H52N4O4. The molecule has 0 aliphatic heterocycles. The average molecular weight is 521 g/mol. The summed E-state index contributed by atoms with van der Waals surface area (Å²) in [6, 6.07) is -1.02. The van der Waals surface area contributed by atoms with Gasteiger partial charge in [0.2, 0.25) is 5.91 Å². The fraction of sp³-hybridized carbons (Fsp3) is 0.690. The Balaban J connectivity index is 5.31. The second-order valence-corrected chi connectivity index (χ2v) is 9.37. The first-order chi connectivity index (χ1) is 17.8. The standard InChI is InChI=1S/C29H52N4O4/c1-5-9-11-12-13-15-18-26(34)24(27(35)31-20-8-4)19-21-32-29(30)33-25(28(36)37)22-23(16-7-3)17-14-10-6-2/h7,16,19,22,25-26,34H,5-6,8-15,17-18,20-21H2,1-4H3,(H,31,35)(H,36,37)(H3,30,32,33). The lowest BCUT2D eigenvalue weighted by Crippen LogP contribution is -2.43. The largest absolute Gasteiger partial charge is 0.479 e. The number of nitrogens with one attached hydrogen (secondary N) is 2. The van der Waals surface area contributed by atoms with Crippen molar-refractivity contribution in [3.05, 3.63) is 35.5 Å². The Morgan fingerprint density at radius 2 is 1.62 bits per heavy atom. The summed E-state index contributed by atoms with van der Waals surface area (Å²) in [5.74, 6) is -1.40. The van der Waals surface area contributed by atoms with Gasteiger partial charge in [-0.1, -0.05) is 90.4 Å². The Morgan fingerprint density at radius 1 is 0.973 bits per heavy atom. The van der Waals surface area contributed by atoms with Crippen molar-refractivity contribution < 1.29 is 19.8 Å². The van der Waals surface area contributed by atoms with E-state index in [9.17, 15) is 19.8 Å². The fourth-order valence-electron chi connectivity index (χ4n) is 3.85. The predicted octanol–water partition coefficient (Wildman–Crippen LogP) is 4.99. The number of carboxylic acid groups (broad SMARTS) is 1. The van der Waals surface area contributed by atoms with Crippen LogP contribution in [0.1, 0.15) is 105 Å². The highest BCUT2D eigenvalue weighted by Gasteiger charge is 2.18. The Bertz CT molecular complexity index is 759. The van der Waals surface area contributed by atoms with Crippen molar-refractivity contribution in [2.24, 2.45) is 10.7 Å². The molecule has 0 aromatic carbocycles. The van der Waals surface area contributed by atoms with Crippen LogP contribution in [0.5, 0.6) is 0 Å². The van der Waals surface area contributed by atoms with E-state index in [0.29, 0.717) is 13.0 Å². The van der Waals surface area contributed by atoms with Crippen molar-refractivity contribution in [3.8, 4) is 0 Å². The van der Waals surface area contributed by atoms with E-state index in [1.807, 2.05) is 26.0 Å². The number of aliphatic imine (C=N–C) groups is 1. The van der Waals surface area contributed by atoms with Crippen LogP contribution in [0.4, 0.5) is 0 Å². The quantitative estimate of drug-likeness (QED) is 0.0475. The number of carbonyl (C=O) groups is 2. The molecule has 1 amide bonds. The van der Waals surface area contributed by atoms with Crippen LogP contribution in [-0.4, -0.2) is 53.3 Å². The maximum atomic E-state index is 12.6. The van der Waals surface area contributed by atoms with E-state index in [4.69, 9.17) is 5.73 Å². The van der Waals surface area contributed by atoms with Gasteiger partial charge < -0.3 is 26.6 Å². The number of carbonyl (C=O) groups excluding carboxylic acids is 1. The first-order valence-electron chi connectivity index (χ1n) is 14.1. The highest BCUT2D eigenvalue weighted by molar-refractivity contribution is 5.94. The van der Waals surface area contributed by atoms with Crippen molar-refractivity contribution in [2.75, 3.05) is 13.1 Å². The number of unbranched alkanes of at least 4 members (excludes halogenated alkanes) is 7. The molecule has 0 aliphatic rings. The number of nitrogens with two attached hydrogens (primary N) is 1. The second-order valence-electron chi connectivity index (χ2n) is 9.37. The number of guanidine groups is 1. The van der Waals surface area contributed by atoms with Crippen LogP contribution >= 0.6 is 0 Å². The van der Waals surface area contributed by atoms with Crippen LogP contribution in [0.2, 0.25) is 0 Å². The number of hydrogen-bond donors (Lipinski definition) is 5. The number of nitrogens with zero attached hydrogens (tertiary/aromatic N) is 1. The second kappa shape index (κ2) is 22.6. The maximum Gasteiger partial charge on any atom is 0.330 e. The summed E-state index contributed by atoms with van der Waals surface area (Å²) < 4.78 is 0. The van der Waals surface area contributed by atoms with E-state index in [1.165, 1.54) is 19.3 Å². The minimum Gasteiger partial charge on any atom is -0.479 e. The number of rotatable bonds is 21. The summed E-state index contributed by atoms with van der Waals surface area (Å²) in [4.78, 5) is 28.6. The summed E-state index contributed by atoms with van der Waals surface area (Å²) in [7, 11) is 0. The summed E-state index contributed by atoms with van der Waals surface area (Å²) in [5, 5.41) is 25.9. The topological polar surface area (TPSA) is 137 Å². The minimum absolute atomic E-state index is 0.0352. The zero-order chi connectivity index (χ0) is 27.9. The predicted molar refractivity (Wildman–Crippen MR) is 153 cm³/mol. The van der Waals surface area contributed by atoms with Crippen LogP contribution in [0.25, 0.3) is 0 Å². The number of hydrogen-bond acceptors (Lipinski definition) is 4. The van der Waals surface area contributed by atoms with Crippen LogP contribution < -0.4 is 16.4 Å². The highest BCUT2D eigenvalue weighted by atomic mass is 16.4. The monoisotopic (exact) mass is 520 g/mol. The third kappa shape index (κ3) is 17.5. The molecule has 0 saturated carbocycles. The number of carboxylic acids is 1. The maximum absolute atomic E-state index is 12.6. The van der Waals surface area contributed by atoms with Crippen molar-refractivity contribution in [3.63, 3.8) is 0 Å². The van der Waals surface area contributed by atoms with Gasteiger partial charge in [0.1, 0.15) is 6.04 Å². The van der Waals surface area contributed by atoms with Gasteiger partial charge in [0.25, 0.3) is 0 Å². The molecule has 0 spiro atoms. The van der Waals surface area contributed by atoms with Gasteiger partial charge in [0, 0.05) is 12.1 Å². The van der Waals surface area contributed by atoms with E-state index in [-0.39, 0.29) is 24.0 Å². The first-order valence-corrected chi connectivity index (χ1v) is 14.1. The van der Waals surface area contributed by atoms with Gasteiger partial charge in [-0.25, -0.2) is 9.79 Å². The molecule has 212 valence electrons. The van der Waals surface area contributed by atoms with Crippen LogP contribution in [0.3, 0.4) is 0 Å². The molecule has 0 aromatic rings. The Morgan fingerprint density at radius 3 is 2.24 bits per heavy atom. The lowest BCUT2D eigenvalue weighted by molar-refractivity contribution is -0.137. The normalized spacial score (nSPS) is 14.6. The minimum atomic E-state index is -1.06. The zero-order valence-electron chi connectivity index (χ0n) is 23.6. The first kappa shape index (κ1) is 34.4. The van der Waals surface area contributed by atoms with Crippen molar-refractivity contribution >= 4 is 17.8 Å². The number of aliphatic carboxylic acids is 1. The van der Waals surface area contributed by atoms with E-state index >= 15 is 0 Å². The molecule has 37 heavy (non-hydrogen) atoms. The smallest absolute Gasteiger partial charge is 0.330 e. The molecule has 0 bridgehead atoms. The number of aliphatic hydroxyl groups excluding tert-OH is 1. The van der Waals surface area contributed by atoms with Crippen LogP contribution in [0, 0.1) is 0 Å². The third-order valence-corrected chi connectivity index (χ3v) is 5.96. The summed E-state index contributed by atoms with van der Waals surface area (Å²) in [6.45, 7) is 8.73. The molecule has 2 atom stereocenters. The lowest BCUT2D eigenvalue weighted by Gasteiger charge is -2.15. The summed E-state index contributed by atoms with van der Waals surface area (Å²) >= 11 is 0. The molecule has 2 unspecified atom stereocenters.